The van der Waals surface area contributed by atoms with Crippen molar-refractivity contribution in [1.82, 2.24) is 4.31 Å². The molecule has 3 rings (SSSR count). The second kappa shape index (κ2) is 8.07. The average molecular weight is 438 g/mol. The van der Waals surface area contributed by atoms with Crippen LogP contribution in [0.15, 0.2) is 39.9 Å². The van der Waals surface area contributed by atoms with Gasteiger partial charge in [0.25, 0.3) is 0 Å². The molecule has 0 aromatic heterocycles. The lowest BCUT2D eigenvalue weighted by molar-refractivity contribution is -0.118. The number of hydrogen-bond donors (Lipinski definition) is 0. The lowest BCUT2D eigenvalue weighted by atomic mass is 9.87. The van der Waals surface area contributed by atoms with Crippen molar-refractivity contribution in [2.75, 3.05) is 27.0 Å². The smallest absolute Gasteiger partial charge is 0.243 e. The molecule has 29 heavy (non-hydrogen) atoms. The largest absolute Gasteiger partial charge is 0.359 e. The Kier molecular flexibility index (Phi) is 6.23. The molecule has 6 nitrogen and oxygen atoms in total. The van der Waals surface area contributed by atoms with Gasteiger partial charge in [0, 0.05) is 32.0 Å². The number of methoxy groups -OCH3 is 1. The van der Waals surface area contributed by atoms with E-state index in [-0.39, 0.29) is 35.9 Å². The Bertz CT molecular complexity index is 917. The number of nitrogens with zero attached hydrogens (tertiary/aromatic N) is 1. The molecule has 2 aliphatic rings. The third kappa shape index (κ3) is 4.14. The summed E-state index contributed by atoms with van der Waals surface area (Å²) in [6.07, 6.45) is -0.468. The molecule has 0 saturated carbocycles. The van der Waals surface area contributed by atoms with Gasteiger partial charge >= 0.3 is 0 Å². The minimum absolute atomic E-state index is 0.0564. The number of ketones is 1. The lowest BCUT2D eigenvalue weighted by Crippen LogP contribution is -2.49. The number of fused-ring (bicyclic) bond motifs is 1. The maximum absolute atomic E-state index is 13.3. The number of aryl methyl sites for hydroxylation is 1. The Labute approximate surface area is 174 Å². The monoisotopic (exact) mass is 437 g/mol. The first kappa shape index (κ1) is 22.4. The number of piperidine rings is 1. The van der Waals surface area contributed by atoms with Crippen LogP contribution in [0.25, 0.3) is 0 Å². The highest BCUT2D eigenvalue weighted by molar-refractivity contribution is 7.89. The van der Waals surface area contributed by atoms with Crippen molar-refractivity contribution in [2.45, 2.75) is 44.5 Å². The molecule has 0 spiro atoms. The highest BCUT2D eigenvalue weighted by Gasteiger charge is 2.51. The van der Waals surface area contributed by atoms with Crippen LogP contribution >= 0.6 is 0 Å². The molecule has 1 aromatic rings. The molecule has 0 radical (unpaired) electrons. The van der Waals surface area contributed by atoms with Gasteiger partial charge < -0.3 is 9.47 Å². The summed E-state index contributed by atoms with van der Waals surface area (Å²) in [7, 11) is -4.06. The Morgan fingerprint density at radius 1 is 1.14 bits per heavy atom. The fraction of sp³-hybridized carbons (Fsp3) is 0.571. The molecular weight excluding hydrogens is 406 g/mol. The van der Waals surface area contributed by atoms with Crippen LogP contribution in [0.1, 0.15) is 12.5 Å². The molecule has 1 saturated heterocycles. The number of hydrogen-bond acceptors (Lipinski definition) is 5. The van der Waals surface area contributed by atoms with Gasteiger partial charge in [0.05, 0.1) is 19.1 Å². The van der Waals surface area contributed by atoms with E-state index in [1.165, 1.54) is 11.4 Å². The highest BCUT2D eigenvalue weighted by Crippen LogP contribution is 2.44. The van der Waals surface area contributed by atoms with Gasteiger partial charge in [0.15, 0.2) is 5.78 Å². The van der Waals surface area contributed by atoms with Crippen LogP contribution in [0.5, 0.6) is 0 Å². The third-order valence-corrected chi connectivity index (χ3v) is 9.75. The molecule has 0 amide bonds. The van der Waals surface area contributed by atoms with E-state index in [0.29, 0.717) is 6.54 Å². The summed E-state index contributed by atoms with van der Waals surface area (Å²) in [5.41, 5.74) is 2.01. The van der Waals surface area contributed by atoms with Crippen molar-refractivity contribution >= 4 is 23.9 Å². The molecule has 8 heteroatoms. The van der Waals surface area contributed by atoms with E-state index < -0.39 is 24.2 Å². The zero-order valence-electron chi connectivity index (χ0n) is 18.1. The predicted molar refractivity (Wildman–Crippen MR) is 115 cm³/mol. The Balaban J connectivity index is 2.04. The maximum atomic E-state index is 13.3. The molecule has 1 aliphatic carbocycles. The fourth-order valence-electron chi connectivity index (χ4n) is 4.39. The first-order valence-electron chi connectivity index (χ1n) is 9.94. The second-order valence-corrected chi connectivity index (χ2v) is 16.0. The summed E-state index contributed by atoms with van der Waals surface area (Å²) in [5.74, 6) is -0.235. The van der Waals surface area contributed by atoms with Gasteiger partial charge in [-0.3, -0.25) is 4.79 Å². The van der Waals surface area contributed by atoms with Crippen LogP contribution in [0, 0.1) is 18.8 Å². The summed E-state index contributed by atoms with van der Waals surface area (Å²) >= 11 is 0. The quantitative estimate of drug-likeness (QED) is 0.505. The van der Waals surface area contributed by atoms with Crippen LogP contribution < -0.4 is 0 Å². The van der Waals surface area contributed by atoms with Crippen LogP contribution in [-0.2, 0) is 24.3 Å². The van der Waals surface area contributed by atoms with Crippen LogP contribution in [-0.4, -0.2) is 59.7 Å². The zero-order valence-corrected chi connectivity index (χ0v) is 19.9. The van der Waals surface area contributed by atoms with Crippen molar-refractivity contribution in [3.63, 3.8) is 0 Å². The van der Waals surface area contributed by atoms with Crippen molar-refractivity contribution in [2.24, 2.45) is 11.8 Å². The van der Waals surface area contributed by atoms with E-state index in [9.17, 15) is 13.2 Å². The number of carbonyl (C=O) groups is 1. The molecule has 1 fully saturated rings. The van der Waals surface area contributed by atoms with E-state index in [0.717, 1.165) is 16.3 Å². The van der Waals surface area contributed by atoms with E-state index in [4.69, 9.17) is 9.47 Å². The van der Waals surface area contributed by atoms with Crippen LogP contribution in [0.2, 0.25) is 19.6 Å². The van der Waals surface area contributed by atoms with Gasteiger partial charge in [-0.15, -0.1) is 0 Å². The average Bonchev–Trinajstić information content (AvgIpc) is 2.91. The van der Waals surface area contributed by atoms with Gasteiger partial charge in [0.1, 0.15) is 6.79 Å². The van der Waals surface area contributed by atoms with E-state index in [2.05, 4.69) is 19.6 Å². The van der Waals surface area contributed by atoms with Gasteiger partial charge in [-0.1, -0.05) is 44.3 Å². The number of allylic oxidation sites excluding steroid dienone is 1. The molecule has 160 valence electrons. The molecular formula is C21H31NO5SSi. The van der Waals surface area contributed by atoms with Crippen molar-refractivity contribution in [3.05, 3.63) is 40.6 Å². The maximum Gasteiger partial charge on any atom is 0.243 e. The summed E-state index contributed by atoms with van der Waals surface area (Å²) in [6, 6.07) is 6.87. The first-order chi connectivity index (χ1) is 13.5. The van der Waals surface area contributed by atoms with Gasteiger partial charge in [0.2, 0.25) is 10.0 Å². The van der Waals surface area contributed by atoms with E-state index in [1.807, 2.05) is 13.8 Å². The number of benzene rings is 1. The van der Waals surface area contributed by atoms with Gasteiger partial charge in [-0.05, 0) is 29.8 Å². The Morgan fingerprint density at radius 2 is 1.76 bits per heavy atom. The number of sulfonamides is 1. The number of ether oxygens (including phenoxy) is 2. The number of carbonyl (C=O) groups excluding carboxylic acids is 1. The summed E-state index contributed by atoms with van der Waals surface area (Å²) in [4.78, 5) is 13.4. The van der Waals surface area contributed by atoms with Gasteiger partial charge in [-0.25, -0.2) is 8.42 Å². The summed E-state index contributed by atoms with van der Waals surface area (Å²) in [5, 5.41) is 0.920. The third-order valence-electron chi connectivity index (χ3n) is 5.86. The highest BCUT2D eigenvalue weighted by atomic mass is 32.2. The number of rotatable bonds is 6. The van der Waals surface area contributed by atoms with Crippen LogP contribution in [0.4, 0.5) is 0 Å². The standard InChI is InChI=1S/C21H31NO5SSi/c1-14-7-9-16(10-8-14)28(24,25)22-11-17-15(2)20(23)21(29(4,5)6)19(17)18(12-22)27-13-26-3/h7-10,15,17-18H,11-13H2,1-6H3/t15-,17-,18+/m0/s1. The van der Waals surface area contributed by atoms with Crippen molar-refractivity contribution in [3.8, 4) is 0 Å². The molecule has 1 aromatic carbocycles. The van der Waals surface area contributed by atoms with Gasteiger partial charge in [-0.2, -0.15) is 4.31 Å². The van der Waals surface area contributed by atoms with E-state index >= 15 is 0 Å². The first-order valence-corrected chi connectivity index (χ1v) is 14.9. The second-order valence-electron chi connectivity index (χ2n) is 9.04. The molecule has 1 heterocycles. The Morgan fingerprint density at radius 3 is 2.31 bits per heavy atom. The summed E-state index contributed by atoms with van der Waals surface area (Å²) in [6.45, 7) is 10.9. The molecule has 3 atom stereocenters. The molecule has 1 aliphatic heterocycles. The molecule has 0 bridgehead atoms. The minimum Gasteiger partial charge on any atom is -0.359 e. The summed E-state index contributed by atoms with van der Waals surface area (Å²) < 4.78 is 39.1. The number of Topliss-reactive ketones (excluding diaryl/α,β-unsaturated/α-hetero) is 1. The van der Waals surface area contributed by atoms with Crippen molar-refractivity contribution < 1.29 is 22.7 Å². The zero-order chi connectivity index (χ0) is 21.6. The van der Waals surface area contributed by atoms with E-state index in [1.54, 1.807) is 24.3 Å². The topological polar surface area (TPSA) is 72.9 Å². The van der Waals surface area contributed by atoms with Crippen LogP contribution in [0.3, 0.4) is 0 Å². The fourth-order valence-corrected chi connectivity index (χ4v) is 8.04. The minimum atomic E-state index is -3.68. The molecule has 0 N–H and O–H groups in total. The Hall–Kier alpha value is -1.32. The predicted octanol–water partition coefficient (Wildman–Crippen LogP) is 3.00. The van der Waals surface area contributed by atoms with Crippen molar-refractivity contribution in [1.29, 1.82) is 0 Å². The SMILES string of the molecule is COCO[C@@H]1CN(S(=O)(=O)c2ccc(C)cc2)C[C@@H]2C1=C([Si](C)(C)C)C(=O)[C@H]2C. The lowest BCUT2D eigenvalue weighted by Gasteiger charge is -2.39. The molecule has 0 unspecified atom stereocenters. The normalized spacial score (nSPS) is 26.1.